The first kappa shape index (κ1) is 13.5. The molecule has 0 radical (unpaired) electrons. The van der Waals surface area contributed by atoms with Gasteiger partial charge in [0.05, 0.1) is 11.3 Å². The van der Waals surface area contributed by atoms with E-state index < -0.39 is 16.0 Å². The quantitative estimate of drug-likeness (QED) is 0.725. The number of hydrogen-bond donors (Lipinski definition) is 3. The molecule has 0 aliphatic heterocycles. The summed E-state index contributed by atoms with van der Waals surface area (Å²) in [5.74, 6) is -1.20. The Balaban J connectivity index is 3.27. The first-order valence-electron chi connectivity index (χ1n) is 5.00. The second-order valence-electron chi connectivity index (χ2n) is 3.49. The molecule has 0 aliphatic carbocycles. The van der Waals surface area contributed by atoms with Crippen molar-refractivity contribution in [3.63, 3.8) is 0 Å². The number of nitrogens with one attached hydrogen (secondary N) is 1. The number of primary sulfonamides is 1. The van der Waals surface area contributed by atoms with Crippen LogP contribution >= 0.6 is 0 Å². The lowest BCUT2D eigenvalue weighted by Crippen LogP contribution is -2.16. The van der Waals surface area contributed by atoms with Crippen LogP contribution in [-0.2, 0) is 10.0 Å². The van der Waals surface area contributed by atoms with Crippen LogP contribution in [0.5, 0.6) is 0 Å². The zero-order valence-electron chi connectivity index (χ0n) is 9.30. The molecule has 0 unspecified atom stereocenters. The molecular formula is C10H14N2O4S. The van der Waals surface area contributed by atoms with E-state index in [4.69, 9.17) is 10.2 Å². The highest BCUT2D eigenvalue weighted by molar-refractivity contribution is 7.89. The van der Waals surface area contributed by atoms with Gasteiger partial charge in [0.25, 0.3) is 0 Å². The van der Waals surface area contributed by atoms with Crippen molar-refractivity contribution in [3.8, 4) is 0 Å². The van der Waals surface area contributed by atoms with Gasteiger partial charge >= 0.3 is 5.97 Å². The number of rotatable bonds is 5. The Hall–Kier alpha value is -1.60. The summed E-state index contributed by atoms with van der Waals surface area (Å²) in [5, 5.41) is 16.7. The van der Waals surface area contributed by atoms with Crippen LogP contribution < -0.4 is 10.5 Å². The van der Waals surface area contributed by atoms with Gasteiger partial charge in [-0.05, 0) is 24.6 Å². The molecule has 0 aromatic heterocycles. The number of nitrogens with two attached hydrogens (primary N) is 1. The summed E-state index contributed by atoms with van der Waals surface area (Å²) in [6.07, 6.45) is 0.810. The third-order valence-electron chi connectivity index (χ3n) is 2.10. The zero-order valence-corrected chi connectivity index (χ0v) is 10.1. The van der Waals surface area contributed by atoms with Gasteiger partial charge in [-0.15, -0.1) is 0 Å². The van der Waals surface area contributed by atoms with Crippen molar-refractivity contribution in [1.82, 2.24) is 0 Å². The van der Waals surface area contributed by atoms with E-state index in [1.807, 2.05) is 6.92 Å². The molecule has 6 nitrogen and oxygen atoms in total. The normalized spacial score (nSPS) is 11.2. The highest BCUT2D eigenvalue weighted by Gasteiger charge is 2.16. The number of carboxylic acids is 1. The Morgan fingerprint density at radius 2 is 2.12 bits per heavy atom. The van der Waals surface area contributed by atoms with Crippen molar-refractivity contribution in [2.24, 2.45) is 5.14 Å². The Morgan fingerprint density at radius 3 is 2.59 bits per heavy atom. The fourth-order valence-corrected chi connectivity index (χ4v) is 2.03. The van der Waals surface area contributed by atoms with Crippen LogP contribution in [0.4, 0.5) is 5.69 Å². The van der Waals surface area contributed by atoms with Crippen LogP contribution in [0.15, 0.2) is 23.1 Å². The summed E-state index contributed by atoms with van der Waals surface area (Å²) in [4.78, 5) is 10.5. The third kappa shape index (κ3) is 3.43. The molecule has 0 fully saturated rings. The van der Waals surface area contributed by atoms with E-state index in [9.17, 15) is 13.2 Å². The molecule has 1 aromatic carbocycles. The summed E-state index contributed by atoms with van der Waals surface area (Å²) >= 11 is 0. The van der Waals surface area contributed by atoms with Gasteiger partial charge in [-0.1, -0.05) is 6.92 Å². The van der Waals surface area contributed by atoms with Crippen molar-refractivity contribution in [3.05, 3.63) is 23.8 Å². The van der Waals surface area contributed by atoms with Crippen molar-refractivity contribution in [1.29, 1.82) is 0 Å². The summed E-state index contributed by atoms with van der Waals surface area (Å²) < 4.78 is 22.7. The van der Waals surface area contributed by atoms with Crippen LogP contribution in [0.2, 0.25) is 0 Å². The third-order valence-corrected chi connectivity index (χ3v) is 3.05. The van der Waals surface area contributed by atoms with Crippen molar-refractivity contribution < 1.29 is 18.3 Å². The Bertz CT molecular complexity index is 525. The maximum Gasteiger partial charge on any atom is 0.335 e. The molecule has 17 heavy (non-hydrogen) atoms. The summed E-state index contributed by atoms with van der Waals surface area (Å²) in [7, 11) is -3.95. The predicted octanol–water partition coefficient (Wildman–Crippen LogP) is 0.854. The van der Waals surface area contributed by atoms with Gasteiger partial charge in [0.1, 0.15) is 4.90 Å². The lowest BCUT2D eigenvalue weighted by atomic mass is 10.2. The Kier molecular flexibility index (Phi) is 4.08. The standard InChI is InChI=1S/C10H14N2O4S/c1-2-5-12-8-4-3-7(10(13)14)6-9(8)17(11,15)16/h3-4,6,12H,2,5H2,1H3,(H,13,14)(H2,11,15,16). The van der Waals surface area contributed by atoms with E-state index in [1.165, 1.54) is 12.1 Å². The molecular weight excluding hydrogens is 244 g/mol. The number of aromatic carboxylic acids is 1. The predicted molar refractivity (Wildman–Crippen MR) is 63.6 cm³/mol. The minimum absolute atomic E-state index is 0.115. The van der Waals surface area contributed by atoms with Crippen LogP contribution in [0.25, 0.3) is 0 Å². The molecule has 1 aromatic rings. The van der Waals surface area contributed by atoms with E-state index in [0.717, 1.165) is 12.5 Å². The molecule has 94 valence electrons. The Labute approximate surface area is 99.5 Å². The number of carboxylic acid groups (broad SMARTS) is 1. The molecule has 0 atom stereocenters. The largest absolute Gasteiger partial charge is 0.478 e. The molecule has 1 rings (SSSR count). The number of hydrogen-bond acceptors (Lipinski definition) is 4. The highest BCUT2D eigenvalue weighted by Crippen LogP contribution is 2.21. The molecule has 0 heterocycles. The summed E-state index contributed by atoms with van der Waals surface area (Å²) in [6, 6.07) is 3.78. The van der Waals surface area contributed by atoms with E-state index in [1.54, 1.807) is 0 Å². The smallest absolute Gasteiger partial charge is 0.335 e. The second kappa shape index (κ2) is 5.15. The van der Waals surface area contributed by atoms with E-state index >= 15 is 0 Å². The number of benzene rings is 1. The van der Waals surface area contributed by atoms with Crippen molar-refractivity contribution in [2.75, 3.05) is 11.9 Å². The maximum atomic E-state index is 11.3. The summed E-state index contributed by atoms with van der Waals surface area (Å²) in [6.45, 7) is 2.50. The zero-order chi connectivity index (χ0) is 13.1. The average Bonchev–Trinajstić information content (AvgIpc) is 2.24. The maximum absolute atomic E-state index is 11.3. The molecule has 0 amide bonds. The molecule has 0 saturated heterocycles. The first-order chi connectivity index (χ1) is 7.86. The lowest BCUT2D eigenvalue weighted by molar-refractivity contribution is 0.0696. The first-order valence-corrected chi connectivity index (χ1v) is 6.55. The monoisotopic (exact) mass is 258 g/mol. The van der Waals surface area contributed by atoms with E-state index in [-0.39, 0.29) is 10.5 Å². The van der Waals surface area contributed by atoms with E-state index in [2.05, 4.69) is 5.32 Å². The number of anilines is 1. The number of carbonyl (C=O) groups is 1. The van der Waals surface area contributed by atoms with Crippen LogP contribution in [0.3, 0.4) is 0 Å². The molecule has 0 saturated carbocycles. The molecule has 0 spiro atoms. The van der Waals surface area contributed by atoms with Crippen LogP contribution in [-0.4, -0.2) is 26.0 Å². The minimum atomic E-state index is -3.95. The minimum Gasteiger partial charge on any atom is -0.478 e. The number of sulfonamides is 1. The van der Waals surface area contributed by atoms with Crippen molar-refractivity contribution >= 4 is 21.7 Å². The topological polar surface area (TPSA) is 109 Å². The van der Waals surface area contributed by atoms with Crippen LogP contribution in [0.1, 0.15) is 23.7 Å². The molecule has 0 bridgehead atoms. The molecule has 4 N–H and O–H groups in total. The van der Waals surface area contributed by atoms with Gasteiger partial charge in [-0.2, -0.15) is 0 Å². The highest BCUT2D eigenvalue weighted by atomic mass is 32.2. The van der Waals surface area contributed by atoms with Gasteiger partial charge in [-0.25, -0.2) is 18.4 Å². The molecule has 0 aliphatic rings. The van der Waals surface area contributed by atoms with Gasteiger partial charge in [-0.3, -0.25) is 0 Å². The lowest BCUT2D eigenvalue weighted by Gasteiger charge is -2.10. The van der Waals surface area contributed by atoms with Gasteiger partial charge in [0, 0.05) is 6.54 Å². The SMILES string of the molecule is CCCNc1ccc(C(=O)O)cc1S(N)(=O)=O. The second-order valence-corrected chi connectivity index (χ2v) is 5.02. The molecule has 7 heteroatoms. The van der Waals surface area contributed by atoms with Crippen LogP contribution in [0, 0.1) is 0 Å². The fourth-order valence-electron chi connectivity index (χ4n) is 1.30. The van der Waals surface area contributed by atoms with Gasteiger partial charge in [0.15, 0.2) is 0 Å². The average molecular weight is 258 g/mol. The van der Waals surface area contributed by atoms with E-state index in [0.29, 0.717) is 12.2 Å². The van der Waals surface area contributed by atoms with Gasteiger partial charge in [0.2, 0.25) is 10.0 Å². The van der Waals surface area contributed by atoms with Gasteiger partial charge < -0.3 is 10.4 Å². The summed E-state index contributed by atoms with van der Waals surface area (Å²) in [5.41, 5.74) is 0.204. The van der Waals surface area contributed by atoms with Crippen molar-refractivity contribution in [2.45, 2.75) is 18.2 Å². The fraction of sp³-hybridized carbons (Fsp3) is 0.300. The Morgan fingerprint density at radius 1 is 1.47 bits per heavy atom.